The van der Waals surface area contributed by atoms with Crippen LogP contribution in [0.15, 0.2) is 36.4 Å². The molecule has 110 valence electrons. The van der Waals surface area contributed by atoms with Crippen molar-refractivity contribution >= 4 is 0 Å². The molecule has 0 saturated heterocycles. The van der Waals surface area contributed by atoms with E-state index in [0.29, 0.717) is 11.3 Å². The van der Waals surface area contributed by atoms with Gasteiger partial charge in [0.05, 0.1) is 19.8 Å². The molecule has 3 nitrogen and oxygen atoms in total. The maximum Gasteiger partial charge on any atom is 0.132 e. The molecular formula is C17H18FNO2. The number of rotatable bonds is 3. The van der Waals surface area contributed by atoms with Gasteiger partial charge in [-0.3, -0.25) is 0 Å². The molecule has 0 aliphatic carbocycles. The fourth-order valence-corrected chi connectivity index (χ4v) is 2.64. The maximum absolute atomic E-state index is 14.1. The van der Waals surface area contributed by atoms with Crippen LogP contribution in [-0.4, -0.2) is 13.7 Å². The van der Waals surface area contributed by atoms with Gasteiger partial charge in [0.25, 0.3) is 0 Å². The first kappa shape index (κ1) is 13.9. The molecule has 2 N–H and O–H groups in total. The minimum Gasteiger partial charge on any atom is -0.497 e. The van der Waals surface area contributed by atoms with E-state index in [9.17, 15) is 4.39 Å². The van der Waals surface area contributed by atoms with E-state index in [1.165, 1.54) is 13.2 Å². The molecule has 1 atom stereocenters. The quantitative estimate of drug-likeness (QED) is 0.942. The molecule has 0 bridgehead atoms. The van der Waals surface area contributed by atoms with E-state index in [2.05, 4.69) is 0 Å². The number of hydrogen-bond acceptors (Lipinski definition) is 3. The molecule has 2 aromatic carbocycles. The zero-order chi connectivity index (χ0) is 14.8. The van der Waals surface area contributed by atoms with E-state index in [1.807, 2.05) is 18.2 Å². The zero-order valence-corrected chi connectivity index (χ0v) is 11.9. The number of methoxy groups -OCH3 is 1. The van der Waals surface area contributed by atoms with Crippen LogP contribution in [0.3, 0.4) is 0 Å². The van der Waals surface area contributed by atoms with Gasteiger partial charge in [0, 0.05) is 11.6 Å². The summed E-state index contributed by atoms with van der Waals surface area (Å²) in [5.74, 6) is 1.05. The van der Waals surface area contributed by atoms with Crippen LogP contribution < -0.4 is 15.2 Å². The van der Waals surface area contributed by atoms with E-state index < -0.39 is 6.04 Å². The van der Waals surface area contributed by atoms with Crippen molar-refractivity contribution in [3.63, 3.8) is 0 Å². The molecule has 1 aliphatic rings. The van der Waals surface area contributed by atoms with Gasteiger partial charge in [-0.15, -0.1) is 0 Å². The highest BCUT2D eigenvalue weighted by atomic mass is 19.1. The number of aryl methyl sites for hydroxylation is 1. The SMILES string of the molecule is COc1ccc(C(N)c2ccc3c(c2)CCCO3)c(F)c1. The van der Waals surface area contributed by atoms with Crippen molar-refractivity contribution in [3.8, 4) is 11.5 Å². The van der Waals surface area contributed by atoms with Gasteiger partial charge in [-0.1, -0.05) is 18.2 Å². The van der Waals surface area contributed by atoms with Crippen LogP contribution in [0, 0.1) is 5.82 Å². The monoisotopic (exact) mass is 287 g/mol. The normalized spacial score (nSPS) is 15.0. The number of hydrogen-bond donors (Lipinski definition) is 1. The van der Waals surface area contributed by atoms with Crippen molar-refractivity contribution in [1.29, 1.82) is 0 Å². The molecule has 1 aliphatic heterocycles. The van der Waals surface area contributed by atoms with E-state index in [-0.39, 0.29) is 5.82 Å². The highest BCUT2D eigenvalue weighted by molar-refractivity contribution is 5.43. The standard InChI is InChI=1S/C17H18FNO2/c1-20-13-5-6-14(15(18)10-13)17(19)12-4-7-16-11(9-12)3-2-8-21-16/h4-7,9-10,17H,2-3,8,19H2,1H3. The van der Waals surface area contributed by atoms with Gasteiger partial charge in [-0.25, -0.2) is 4.39 Å². The summed E-state index contributed by atoms with van der Waals surface area (Å²) in [6.45, 7) is 0.755. The number of halogens is 1. The predicted molar refractivity (Wildman–Crippen MR) is 79.2 cm³/mol. The van der Waals surface area contributed by atoms with Crippen LogP contribution in [0.25, 0.3) is 0 Å². The Hall–Kier alpha value is -2.07. The molecule has 0 fully saturated rings. The van der Waals surface area contributed by atoms with Crippen LogP contribution in [0.5, 0.6) is 11.5 Å². The highest BCUT2D eigenvalue weighted by Gasteiger charge is 2.17. The summed E-state index contributed by atoms with van der Waals surface area (Å²) in [5.41, 5.74) is 8.72. The van der Waals surface area contributed by atoms with E-state index in [0.717, 1.165) is 36.3 Å². The minimum absolute atomic E-state index is 0.351. The van der Waals surface area contributed by atoms with Gasteiger partial charge in [-0.05, 0) is 36.1 Å². The van der Waals surface area contributed by atoms with Crippen molar-refractivity contribution in [2.75, 3.05) is 13.7 Å². The summed E-state index contributed by atoms with van der Waals surface area (Å²) in [6, 6.07) is 10.1. The van der Waals surface area contributed by atoms with Crippen molar-refractivity contribution in [2.45, 2.75) is 18.9 Å². The molecule has 1 unspecified atom stereocenters. The van der Waals surface area contributed by atoms with Gasteiger partial charge in [0.1, 0.15) is 17.3 Å². The molecule has 4 heteroatoms. The lowest BCUT2D eigenvalue weighted by Gasteiger charge is -2.20. The second-order valence-corrected chi connectivity index (χ2v) is 5.18. The molecular weight excluding hydrogens is 269 g/mol. The van der Waals surface area contributed by atoms with Crippen molar-refractivity contribution in [1.82, 2.24) is 0 Å². The van der Waals surface area contributed by atoms with Gasteiger partial charge >= 0.3 is 0 Å². The first-order valence-electron chi connectivity index (χ1n) is 7.03. The average molecular weight is 287 g/mol. The average Bonchev–Trinajstić information content (AvgIpc) is 2.53. The Labute approximate surface area is 123 Å². The van der Waals surface area contributed by atoms with Crippen LogP contribution in [0.1, 0.15) is 29.2 Å². The topological polar surface area (TPSA) is 44.5 Å². The summed E-state index contributed by atoms with van der Waals surface area (Å²) in [4.78, 5) is 0. The largest absolute Gasteiger partial charge is 0.497 e. The molecule has 0 aromatic heterocycles. The van der Waals surface area contributed by atoms with Crippen LogP contribution >= 0.6 is 0 Å². The lowest BCUT2D eigenvalue weighted by molar-refractivity contribution is 0.288. The first-order chi connectivity index (χ1) is 10.2. The number of fused-ring (bicyclic) bond motifs is 1. The first-order valence-corrected chi connectivity index (χ1v) is 7.03. The van der Waals surface area contributed by atoms with E-state index in [4.69, 9.17) is 15.2 Å². The predicted octanol–water partition coefficient (Wildman–Crippen LogP) is 3.21. The third-order valence-electron chi connectivity index (χ3n) is 3.83. The lowest BCUT2D eigenvalue weighted by atomic mass is 9.95. The van der Waals surface area contributed by atoms with E-state index >= 15 is 0 Å². The molecule has 0 saturated carbocycles. The summed E-state index contributed by atoms with van der Waals surface area (Å²) < 4.78 is 24.7. The fourth-order valence-electron chi connectivity index (χ4n) is 2.64. The van der Waals surface area contributed by atoms with Gasteiger partial charge < -0.3 is 15.2 Å². The summed E-state index contributed by atoms with van der Waals surface area (Å²) in [5, 5.41) is 0. The summed E-state index contributed by atoms with van der Waals surface area (Å²) >= 11 is 0. The maximum atomic E-state index is 14.1. The zero-order valence-electron chi connectivity index (χ0n) is 11.9. The minimum atomic E-state index is -0.497. The fraction of sp³-hybridized carbons (Fsp3) is 0.294. The van der Waals surface area contributed by atoms with Crippen molar-refractivity contribution in [3.05, 3.63) is 58.9 Å². The highest BCUT2D eigenvalue weighted by Crippen LogP contribution is 2.30. The van der Waals surface area contributed by atoms with Crippen LogP contribution in [-0.2, 0) is 6.42 Å². The van der Waals surface area contributed by atoms with Crippen molar-refractivity contribution < 1.29 is 13.9 Å². The molecule has 0 spiro atoms. The van der Waals surface area contributed by atoms with E-state index in [1.54, 1.807) is 12.1 Å². The summed E-state index contributed by atoms with van der Waals surface area (Å²) in [6.07, 6.45) is 1.98. The second-order valence-electron chi connectivity index (χ2n) is 5.18. The Morgan fingerprint density at radius 1 is 1.24 bits per heavy atom. The van der Waals surface area contributed by atoms with Crippen molar-refractivity contribution in [2.24, 2.45) is 5.73 Å². The smallest absolute Gasteiger partial charge is 0.132 e. The molecule has 1 heterocycles. The molecule has 21 heavy (non-hydrogen) atoms. The Balaban J connectivity index is 1.93. The van der Waals surface area contributed by atoms with Crippen LogP contribution in [0.2, 0.25) is 0 Å². The summed E-state index contributed by atoms with van der Waals surface area (Å²) in [7, 11) is 1.51. The van der Waals surface area contributed by atoms with Crippen LogP contribution in [0.4, 0.5) is 4.39 Å². The Morgan fingerprint density at radius 3 is 2.86 bits per heavy atom. The number of nitrogens with two attached hydrogens (primary N) is 1. The lowest BCUT2D eigenvalue weighted by Crippen LogP contribution is -2.15. The van der Waals surface area contributed by atoms with Gasteiger partial charge in [0.15, 0.2) is 0 Å². The molecule has 0 amide bonds. The van der Waals surface area contributed by atoms with Gasteiger partial charge in [0.2, 0.25) is 0 Å². The second kappa shape index (κ2) is 5.74. The Morgan fingerprint density at radius 2 is 2.10 bits per heavy atom. The Bertz CT molecular complexity index is 657. The number of ether oxygens (including phenoxy) is 2. The number of benzene rings is 2. The molecule has 0 radical (unpaired) electrons. The molecule has 3 rings (SSSR count). The Kier molecular flexibility index (Phi) is 3.80. The third-order valence-corrected chi connectivity index (χ3v) is 3.83. The van der Waals surface area contributed by atoms with Gasteiger partial charge in [-0.2, -0.15) is 0 Å². The molecule has 2 aromatic rings. The third kappa shape index (κ3) is 2.72.